The molecule has 8 heteroatoms. The van der Waals surface area contributed by atoms with E-state index in [9.17, 15) is 18.4 Å². The van der Waals surface area contributed by atoms with Crippen molar-refractivity contribution in [1.29, 1.82) is 0 Å². The van der Waals surface area contributed by atoms with Crippen LogP contribution in [0.15, 0.2) is 48.8 Å². The van der Waals surface area contributed by atoms with E-state index in [1.54, 1.807) is 6.07 Å². The summed E-state index contributed by atoms with van der Waals surface area (Å²) < 4.78 is 31.9. The lowest BCUT2D eigenvalue weighted by Crippen LogP contribution is -2.08. The molecular weight excluding hydrogens is 402 g/mol. The minimum Gasteiger partial charge on any atom is -0.494 e. The summed E-state index contributed by atoms with van der Waals surface area (Å²) in [5, 5.41) is -0.0858. The van der Waals surface area contributed by atoms with Gasteiger partial charge in [0.1, 0.15) is 28.8 Å². The summed E-state index contributed by atoms with van der Waals surface area (Å²) in [4.78, 5) is 32.6. The van der Waals surface area contributed by atoms with Crippen molar-refractivity contribution in [3.05, 3.63) is 76.7 Å². The van der Waals surface area contributed by atoms with E-state index in [-0.39, 0.29) is 34.9 Å². The van der Waals surface area contributed by atoms with E-state index in [1.807, 2.05) is 0 Å². The Labute approximate surface area is 170 Å². The molecular formula is C21H15ClF2N2O3. The lowest BCUT2D eigenvalue weighted by molar-refractivity contribution is 0.0914. The van der Waals surface area contributed by atoms with E-state index in [0.29, 0.717) is 17.0 Å². The number of nitrogens with zero attached hydrogens (tertiary/aromatic N) is 2. The average molecular weight is 417 g/mol. The molecule has 0 N–H and O–H groups in total. The van der Waals surface area contributed by atoms with Gasteiger partial charge < -0.3 is 4.74 Å². The molecule has 0 bridgehead atoms. The zero-order valence-electron chi connectivity index (χ0n) is 15.3. The Morgan fingerprint density at radius 3 is 2.48 bits per heavy atom. The Kier molecular flexibility index (Phi) is 6.29. The molecule has 1 aromatic carbocycles. The molecule has 0 fully saturated rings. The predicted molar refractivity (Wildman–Crippen MR) is 103 cm³/mol. The molecule has 148 valence electrons. The molecule has 3 rings (SSSR count). The molecule has 0 saturated heterocycles. The molecule has 0 aliphatic rings. The highest BCUT2D eigenvalue weighted by atomic mass is 35.5. The molecule has 0 amide bonds. The number of pyridine rings is 2. The van der Waals surface area contributed by atoms with Gasteiger partial charge in [-0.15, -0.1) is 0 Å². The van der Waals surface area contributed by atoms with Crippen LogP contribution in [0.25, 0.3) is 11.3 Å². The van der Waals surface area contributed by atoms with Gasteiger partial charge in [0.25, 0.3) is 0 Å². The summed E-state index contributed by atoms with van der Waals surface area (Å²) in [6, 6.07) is 8.16. The third-order valence-corrected chi connectivity index (χ3v) is 4.45. The first-order valence-electron chi connectivity index (χ1n) is 8.56. The molecule has 0 aliphatic heterocycles. The molecule has 0 spiro atoms. The van der Waals surface area contributed by atoms with Crippen LogP contribution >= 0.6 is 11.6 Å². The van der Waals surface area contributed by atoms with Gasteiger partial charge in [-0.1, -0.05) is 11.6 Å². The van der Waals surface area contributed by atoms with Crippen molar-refractivity contribution < 1.29 is 23.1 Å². The average Bonchev–Trinajstić information content (AvgIpc) is 2.73. The van der Waals surface area contributed by atoms with Crippen molar-refractivity contribution in [3.63, 3.8) is 0 Å². The summed E-state index contributed by atoms with van der Waals surface area (Å²) in [6.45, 7) is 0. The van der Waals surface area contributed by atoms with Crippen LogP contribution in [0.4, 0.5) is 8.78 Å². The van der Waals surface area contributed by atoms with Gasteiger partial charge in [-0.2, -0.15) is 0 Å². The number of methoxy groups -OCH3 is 1. The number of benzene rings is 1. The van der Waals surface area contributed by atoms with Gasteiger partial charge in [0.15, 0.2) is 11.6 Å². The van der Waals surface area contributed by atoms with E-state index < -0.39 is 17.4 Å². The summed E-state index contributed by atoms with van der Waals surface area (Å²) in [7, 11) is 1.44. The van der Waals surface area contributed by atoms with Crippen molar-refractivity contribution >= 4 is 23.2 Å². The summed E-state index contributed by atoms with van der Waals surface area (Å²) in [5.74, 6) is -1.59. The normalized spacial score (nSPS) is 10.6. The second-order valence-electron chi connectivity index (χ2n) is 6.11. The van der Waals surface area contributed by atoms with Gasteiger partial charge in [-0.05, 0) is 36.4 Å². The van der Waals surface area contributed by atoms with E-state index >= 15 is 0 Å². The number of rotatable bonds is 7. The molecule has 2 aromatic heterocycles. The molecule has 3 aromatic rings. The Bertz CT molecular complexity index is 1090. The monoisotopic (exact) mass is 416 g/mol. The quantitative estimate of drug-likeness (QED) is 0.511. The predicted octanol–water partition coefficient (Wildman–Crippen LogP) is 4.93. The molecule has 0 aliphatic carbocycles. The van der Waals surface area contributed by atoms with Gasteiger partial charge in [-0.3, -0.25) is 14.6 Å². The summed E-state index contributed by atoms with van der Waals surface area (Å²) in [5.41, 5.74) is 1.01. The van der Waals surface area contributed by atoms with Gasteiger partial charge in [0, 0.05) is 30.2 Å². The Morgan fingerprint density at radius 1 is 1.03 bits per heavy atom. The second-order valence-corrected chi connectivity index (χ2v) is 6.52. The number of aromatic nitrogens is 2. The number of Topliss-reactive ketones (excluding diaryl/α,β-unsaturated/α-hetero) is 2. The van der Waals surface area contributed by atoms with Crippen LogP contribution in [-0.2, 0) is 0 Å². The standard InChI is InChI=1S/C21H15ClF2N2O3/c1-29-20-7-4-17(26-21(20)12-2-3-16(24)15(22)9-12)19(28)6-5-18(27)13-8-14(23)11-25-10-13/h2-4,7-11H,5-6H2,1H3. The lowest BCUT2D eigenvalue weighted by atomic mass is 10.0. The molecule has 0 saturated carbocycles. The highest BCUT2D eigenvalue weighted by molar-refractivity contribution is 6.31. The number of hydrogen-bond donors (Lipinski definition) is 0. The zero-order chi connectivity index (χ0) is 21.0. The Hall–Kier alpha value is -3.19. The van der Waals surface area contributed by atoms with Gasteiger partial charge >= 0.3 is 0 Å². The van der Waals surface area contributed by atoms with Crippen LogP contribution in [0, 0.1) is 11.6 Å². The van der Waals surface area contributed by atoms with Crippen LogP contribution in [0.3, 0.4) is 0 Å². The van der Waals surface area contributed by atoms with Crippen molar-refractivity contribution in [3.8, 4) is 17.0 Å². The van der Waals surface area contributed by atoms with E-state index in [4.69, 9.17) is 16.3 Å². The fourth-order valence-corrected chi connectivity index (χ4v) is 2.86. The number of carbonyl (C=O) groups is 2. The Morgan fingerprint density at radius 2 is 1.79 bits per heavy atom. The number of hydrogen-bond acceptors (Lipinski definition) is 5. The minimum atomic E-state index is -0.624. The lowest BCUT2D eigenvalue weighted by Gasteiger charge is -2.10. The topological polar surface area (TPSA) is 69.2 Å². The molecule has 0 atom stereocenters. The van der Waals surface area contributed by atoms with Gasteiger partial charge in [0.2, 0.25) is 0 Å². The van der Waals surface area contributed by atoms with Crippen LogP contribution in [0.5, 0.6) is 5.75 Å². The second kappa shape index (κ2) is 8.87. The Balaban J connectivity index is 1.80. The van der Waals surface area contributed by atoms with E-state index in [0.717, 1.165) is 12.3 Å². The van der Waals surface area contributed by atoms with Gasteiger partial charge in [-0.25, -0.2) is 13.8 Å². The molecule has 5 nitrogen and oxygen atoms in total. The van der Waals surface area contributed by atoms with Crippen molar-refractivity contribution in [2.24, 2.45) is 0 Å². The molecule has 2 heterocycles. The smallest absolute Gasteiger partial charge is 0.181 e. The molecule has 0 radical (unpaired) electrons. The third kappa shape index (κ3) is 4.81. The first-order chi connectivity index (χ1) is 13.9. The highest BCUT2D eigenvalue weighted by Crippen LogP contribution is 2.31. The van der Waals surface area contributed by atoms with Crippen molar-refractivity contribution in [2.75, 3.05) is 7.11 Å². The van der Waals surface area contributed by atoms with Crippen LogP contribution < -0.4 is 4.74 Å². The third-order valence-electron chi connectivity index (χ3n) is 4.16. The maximum Gasteiger partial charge on any atom is 0.181 e. The first-order valence-corrected chi connectivity index (χ1v) is 8.94. The first kappa shape index (κ1) is 20.5. The van der Waals surface area contributed by atoms with E-state index in [1.165, 1.54) is 37.6 Å². The summed E-state index contributed by atoms with van der Waals surface area (Å²) >= 11 is 5.84. The number of ether oxygens (including phenoxy) is 1. The van der Waals surface area contributed by atoms with Crippen LogP contribution in [-0.4, -0.2) is 28.6 Å². The van der Waals surface area contributed by atoms with Gasteiger partial charge in [0.05, 0.1) is 18.3 Å². The molecule has 29 heavy (non-hydrogen) atoms. The fourth-order valence-electron chi connectivity index (χ4n) is 2.68. The SMILES string of the molecule is COc1ccc(C(=O)CCC(=O)c2cncc(F)c2)nc1-c1ccc(F)c(Cl)c1. The van der Waals surface area contributed by atoms with Crippen molar-refractivity contribution in [1.82, 2.24) is 9.97 Å². The van der Waals surface area contributed by atoms with Crippen molar-refractivity contribution in [2.45, 2.75) is 12.8 Å². The fraction of sp³-hybridized carbons (Fsp3) is 0.143. The zero-order valence-corrected chi connectivity index (χ0v) is 16.0. The number of carbonyl (C=O) groups excluding carboxylic acids is 2. The van der Waals surface area contributed by atoms with Crippen LogP contribution in [0.1, 0.15) is 33.7 Å². The minimum absolute atomic E-state index is 0.0858. The maximum atomic E-state index is 13.4. The maximum absolute atomic E-state index is 13.4. The van der Waals surface area contributed by atoms with Crippen LogP contribution in [0.2, 0.25) is 5.02 Å². The number of halogens is 3. The number of ketones is 2. The van der Waals surface area contributed by atoms with E-state index in [2.05, 4.69) is 9.97 Å². The largest absolute Gasteiger partial charge is 0.494 e. The summed E-state index contributed by atoms with van der Waals surface area (Å²) in [6.07, 6.45) is 2.01. The molecule has 0 unspecified atom stereocenters. The highest BCUT2D eigenvalue weighted by Gasteiger charge is 2.17.